The van der Waals surface area contributed by atoms with Crippen molar-refractivity contribution in [1.82, 2.24) is 10.2 Å². The van der Waals surface area contributed by atoms with Gasteiger partial charge < -0.3 is 5.11 Å². The van der Waals surface area contributed by atoms with Crippen molar-refractivity contribution in [3.8, 4) is 11.1 Å². The number of aromatic nitrogens is 2. The Kier molecular flexibility index (Phi) is 2.55. The summed E-state index contributed by atoms with van der Waals surface area (Å²) in [5, 5.41) is 15.1. The lowest BCUT2D eigenvalue weighted by Crippen LogP contribution is -1.98. The number of halogens is 1. The summed E-state index contributed by atoms with van der Waals surface area (Å²) >= 11 is 3.32. The molecule has 0 bridgehead atoms. The van der Waals surface area contributed by atoms with Gasteiger partial charge in [-0.25, -0.2) is 4.79 Å². The fraction of sp³-hybridized carbons (Fsp3) is 0. The van der Waals surface area contributed by atoms with E-state index in [-0.39, 0.29) is 5.69 Å². The van der Waals surface area contributed by atoms with Gasteiger partial charge in [0.15, 0.2) is 5.69 Å². The van der Waals surface area contributed by atoms with Gasteiger partial charge >= 0.3 is 5.97 Å². The fourth-order valence-corrected chi connectivity index (χ4v) is 1.56. The Morgan fingerprint density at radius 2 is 2.00 bits per heavy atom. The van der Waals surface area contributed by atoms with Crippen molar-refractivity contribution in [2.75, 3.05) is 0 Å². The number of carbonyl (C=O) groups is 1. The summed E-state index contributed by atoms with van der Waals surface area (Å²) in [6, 6.07) is 7.38. The molecule has 76 valence electrons. The van der Waals surface area contributed by atoms with Crippen LogP contribution >= 0.6 is 15.9 Å². The molecule has 2 N–H and O–H groups in total. The largest absolute Gasteiger partial charge is 0.477 e. The first-order chi connectivity index (χ1) is 7.18. The van der Waals surface area contributed by atoms with E-state index in [9.17, 15) is 4.79 Å². The number of H-pyrrole nitrogens is 1. The lowest BCUT2D eigenvalue weighted by molar-refractivity contribution is 0.0691. The second-order valence-corrected chi connectivity index (χ2v) is 3.89. The third-order valence-corrected chi connectivity index (χ3v) is 2.54. The van der Waals surface area contributed by atoms with Gasteiger partial charge in [0, 0.05) is 10.0 Å². The fourth-order valence-electron chi connectivity index (χ4n) is 1.30. The zero-order valence-corrected chi connectivity index (χ0v) is 9.15. The number of aromatic amines is 1. The van der Waals surface area contributed by atoms with Gasteiger partial charge in [-0.1, -0.05) is 28.1 Å². The number of hydrogen-bond donors (Lipinski definition) is 2. The lowest BCUT2D eigenvalue weighted by atomic mass is 10.1. The van der Waals surface area contributed by atoms with Crippen LogP contribution in [0, 0.1) is 0 Å². The maximum Gasteiger partial charge on any atom is 0.354 e. The molecule has 0 saturated heterocycles. The van der Waals surface area contributed by atoms with Crippen molar-refractivity contribution in [3.63, 3.8) is 0 Å². The maximum atomic E-state index is 10.8. The number of aromatic carboxylic acids is 1. The molecule has 1 aromatic carbocycles. The monoisotopic (exact) mass is 266 g/mol. The molecule has 5 heteroatoms. The highest BCUT2D eigenvalue weighted by molar-refractivity contribution is 9.10. The van der Waals surface area contributed by atoms with Gasteiger partial charge in [-0.3, -0.25) is 5.10 Å². The molecule has 15 heavy (non-hydrogen) atoms. The van der Waals surface area contributed by atoms with Crippen molar-refractivity contribution >= 4 is 21.9 Å². The predicted molar refractivity (Wildman–Crippen MR) is 58.7 cm³/mol. The van der Waals surface area contributed by atoms with E-state index in [1.807, 2.05) is 24.3 Å². The van der Waals surface area contributed by atoms with E-state index < -0.39 is 5.97 Å². The molecule has 0 fully saturated rings. The lowest BCUT2D eigenvalue weighted by Gasteiger charge is -1.99. The number of nitrogens with zero attached hydrogens (tertiary/aromatic N) is 1. The van der Waals surface area contributed by atoms with E-state index in [1.165, 1.54) is 6.20 Å². The van der Waals surface area contributed by atoms with E-state index in [4.69, 9.17) is 5.11 Å². The van der Waals surface area contributed by atoms with Gasteiger partial charge in [-0.2, -0.15) is 5.10 Å². The van der Waals surface area contributed by atoms with Crippen LogP contribution in [0.4, 0.5) is 0 Å². The average molecular weight is 267 g/mol. The zero-order valence-electron chi connectivity index (χ0n) is 7.57. The smallest absolute Gasteiger partial charge is 0.354 e. The molecule has 0 radical (unpaired) electrons. The van der Waals surface area contributed by atoms with E-state index >= 15 is 0 Å². The van der Waals surface area contributed by atoms with E-state index in [1.54, 1.807) is 0 Å². The van der Waals surface area contributed by atoms with Crippen LogP contribution in [0.25, 0.3) is 11.1 Å². The molecule has 0 saturated carbocycles. The minimum absolute atomic E-state index is 0.109. The normalized spacial score (nSPS) is 10.2. The third-order valence-electron chi connectivity index (χ3n) is 2.01. The molecular weight excluding hydrogens is 260 g/mol. The quantitative estimate of drug-likeness (QED) is 0.878. The molecular formula is C10H7BrN2O2. The van der Waals surface area contributed by atoms with Crippen molar-refractivity contribution < 1.29 is 9.90 Å². The summed E-state index contributed by atoms with van der Waals surface area (Å²) in [4.78, 5) is 10.8. The van der Waals surface area contributed by atoms with Gasteiger partial charge in [0.25, 0.3) is 0 Å². The Labute approximate surface area is 94.1 Å². The number of benzene rings is 1. The molecule has 4 nitrogen and oxygen atoms in total. The topological polar surface area (TPSA) is 66.0 Å². The highest BCUT2D eigenvalue weighted by Crippen LogP contribution is 2.23. The predicted octanol–water partition coefficient (Wildman–Crippen LogP) is 2.54. The number of rotatable bonds is 2. The van der Waals surface area contributed by atoms with Gasteiger partial charge in [0.05, 0.1) is 6.20 Å². The van der Waals surface area contributed by atoms with Crippen LogP contribution in [0.15, 0.2) is 34.9 Å². The van der Waals surface area contributed by atoms with E-state index in [0.29, 0.717) is 5.56 Å². The Balaban J connectivity index is 2.49. The molecule has 0 amide bonds. The van der Waals surface area contributed by atoms with Crippen LogP contribution in [0.2, 0.25) is 0 Å². The summed E-state index contributed by atoms with van der Waals surface area (Å²) in [6.45, 7) is 0. The van der Waals surface area contributed by atoms with Gasteiger partial charge in [0.1, 0.15) is 0 Å². The van der Waals surface area contributed by atoms with Crippen LogP contribution in [0.1, 0.15) is 10.5 Å². The highest BCUT2D eigenvalue weighted by Gasteiger charge is 2.13. The second-order valence-electron chi connectivity index (χ2n) is 2.97. The summed E-state index contributed by atoms with van der Waals surface area (Å²) in [5.74, 6) is -1.01. The first-order valence-electron chi connectivity index (χ1n) is 4.21. The third kappa shape index (κ3) is 1.92. The Hall–Kier alpha value is -1.62. The maximum absolute atomic E-state index is 10.8. The highest BCUT2D eigenvalue weighted by atomic mass is 79.9. The summed E-state index contributed by atoms with van der Waals surface area (Å²) in [5.41, 5.74) is 1.52. The number of carboxylic acid groups (broad SMARTS) is 1. The molecule has 0 atom stereocenters. The Bertz CT molecular complexity index is 490. The van der Waals surface area contributed by atoms with Crippen molar-refractivity contribution in [1.29, 1.82) is 0 Å². The summed E-state index contributed by atoms with van der Waals surface area (Å²) in [7, 11) is 0. The first kappa shape index (κ1) is 9.92. The molecule has 0 unspecified atom stereocenters. The van der Waals surface area contributed by atoms with Crippen LogP contribution < -0.4 is 0 Å². The Morgan fingerprint density at radius 1 is 1.33 bits per heavy atom. The van der Waals surface area contributed by atoms with Crippen molar-refractivity contribution in [2.45, 2.75) is 0 Å². The SMILES string of the molecule is O=C(O)c1[nH]ncc1-c1ccc(Br)cc1. The van der Waals surface area contributed by atoms with E-state index in [2.05, 4.69) is 26.1 Å². The summed E-state index contributed by atoms with van der Waals surface area (Å²) < 4.78 is 0.951. The molecule has 2 rings (SSSR count). The molecule has 2 aromatic rings. The molecule has 0 aliphatic carbocycles. The summed E-state index contributed by atoms with van der Waals surface area (Å²) in [6.07, 6.45) is 1.51. The second kappa shape index (κ2) is 3.86. The Morgan fingerprint density at radius 3 is 2.60 bits per heavy atom. The van der Waals surface area contributed by atoms with Crippen LogP contribution in [-0.2, 0) is 0 Å². The number of hydrogen-bond acceptors (Lipinski definition) is 2. The van der Waals surface area contributed by atoms with Crippen LogP contribution in [-0.4, -0.2) is 21.3 Å². The van der Waals surface area contributed by atoms with Gasteiger partial charge in [-0.15, -0.1) is 0 Å². The standard InChI is InChI=1S/C10H7BrN2O2/c11-7-3-1-6(2-4-7)8-5-12-13-9(8)10(14)15/h1-5H,(H,12,13)(H,14,15). The van der Waals surface area contributed by atoms with Crippen LogP contribution in [0.3, 0.4) is 0 Å². The molecule has 1 heterocycles. The number of nitrogens with one attached hydrogen (secondary N) is 1. The molecule has 1 aromatic heterocycles. The molecule has 0 spiro atoms. The van der Waals surface area contributed by atoms with Crippen molar-refractivity contribution in [2.24, 2.45) is 0 Å². The number of carboxylic acids is 1. The van der Waals surface area contributed by atoms with E-state index in [0.717, 1.165) is 10.0 Å². The molecule has 0 aliphatic heterocycles. The van der Waals surface area contributed by atoms with Crippen molar-refractivity contribution in [3.05, 3.63) is 40.6 Å². The minimum atomic E-state index is -1.01. The van der Waals surface area contributed by atoms with Gasteiger partial charge in [-0.05, 0) is 17.7 Å². The van der Waals surface area contributed by atoms with Gasteiger partial charge in [0.2, 0.25) is 0 Å². The average Bonchev–Trinajstić information content (AvgIpc) is 2.67. The minimum Gasteiger partial charge on any atom is -0.477 e. The van der Waals surface area contributed by atoms with Crippen LogP contribution in [0.5, 0.6) is 0 Å². The molecule has 0 aliphatic rings. The first-order valence-corrected chi connectivity index (χ1v) is 5.00. The zero-order chi connectivity index (χ0) is 10.8.